The van der Waals surface area contributed by atoms with Gasteiger partial charge in [0.05, 0.1) is 5.56 Å². The summed E-state index contributed by atoms with van der Waals surface area (Å²) in [6.45, 7) is -0.400. The topological polar surface area (TPSA) is 78.8 Å². The molecule has 0 fully saturated rings. The smallest absolute Gasteiger partial charge is 0.416 e. The van der Waals surface area contributed by atoms with Crippen molar-refractivity contribution in [2.75, 3.05) is 13.2 Å². The molecular formula is C25H21ClF3NO4. The van der Waals surface area contributed by atoms with Gasteiger partial charge in [-0.2, -0.15) is 13.2 Å². The monoisotopic (exact) mass is 491 g/mol. The number of alkyl halides is 3. The molecule has 34 heavy (non-hydrogen) atoms. The molecule has 2 atom stereocenters. The number of ether oxygens (including phenoxy) is 1. The fourth-order valence-corrected chi connectivity index (χ4v) is 4.33. The molecule has 1 aliphatic rings. The number of benzene rings is 3. The van der Waals surface area contributed by atoms with Crippen LogP contribution in [0.25, 0.3) is 11.1 Å². The van der Waals surface area contributed by atoms with Crippen LogP contribution in [0.15, 0.2) is 66.7 Å². The van der Waals surface area contributed by atoms with Gasteiger partial charge in [-0.1, -0.05) is 60.1 Å². The van der Waals surface area contributed by atoms with E-state index >= 15 is 0 Å². The van der Waals surface area contributed by atoms with E-state index in [9.17, 15) is 28.2 Å². The normalized spacial score (nSPS) is 14.8. The lowest BCUT2D eigenvalue weighted by Crippen LogP contribution is -2.36. The Balaban J connectivity index is 1.36. The first-order valence-corrected chi connectivity index (χ1v) is 10.9. The highest BCUT2D eigenvalue weighted by Crippen LogP contribution is 2.44. The fraction of sp³-hybridized carbons (Fsp3) is 0.240. The van der Waals surface area contributed by atoms with Crippen LogP contribution in [0.4, 0.5) is 18.0 Å². The number of rotatable bonds is 6. The minimum atomic E-state index is -4.64. The molecule has 0 spiro atoms. The standard InChI is InChI=1S/C25H21ClF3NO4/c26-21-10-9-14(25(27,28)29)11-19(21)23(32)22(31)12-30-24(33)34-13-20-17-7-3-1-5-15(17)16-6-2-4-8-18(16)20/h1-11,20,22-23,31-32H,12-13H2,(H,30,33). The second kappa shape index (κ2) is 9.66. The van der Waals surface area contributed by atoms with E-state index in [1.54, 1.807) is 0 Å². The SMILES string of the molecule is O=C(NCC(O)C(O)c1cc(C(F)(F)F)ccc1Cl)OCC1c2ccccc2-c2ccccc21. The summed E-state index contributed by atoms with van der Waals surface area (Å²) in [6, 6.07) is 18.1. The first-order chi connectivity index (χ1) is 16.2. The Labute approximate surface area is 198 Å². The molecule has 1 aliphatic carbocycles. The van der Waals surface area contributed by atoms with Crippen molar-refractivity contribution in [3.8, 4) is 11.1 Å². The molecule has 2 unspecified atom stereocenters. The van der Waals surface area contributed by atoms with Crippen LogP contribution in [0.3, 0.4) is 0 Å². The van der Waals surface area contributed by atoms with Gasteiger partial charge in [-0.15, -0.1) is 0 Å². The highest BCUT2D eigenvalue weighted by Gasteiger charge is 2.33. The molecule has 3 aromatic rings. The molecule has 0 heterocycles. The number of hydrogen-bond acceptors (Lipinski definition) is 4. The zero-order chi connectivity index (χ0) is 24.5. The summed E-state index contributed by atoms with van der Waals surface area (Å²) in [4.78, 5) is 12.2. The molecule has 3 aromatic carbocycles. The number of alkyl carbamates (subject to hydrolysis) is 1. The van der Waals surface area contributed by atoms with Crippen molar-refractivity contribution in [2.45, 2.75) is 24.3 Å². The van der Waals surface area contributed by atoms with Gasteiger partial charge >= 0.3 is 12.3 Å². The van der Waals surface area contributed by atoms with Crippen molar-refractivity contribution in [3.05, 3.63) is 94.0 Å². The molecule has 0 saturated heterocycles. The van der Waals surface area contributed by atoms with Crippen molar-refractivity contribution in [1.29, 1.82) is 0 Å². The van der Waals surface area contributed by atoms with Gasteiger partial charge in [-0.05, 0) is 40.5 Å². The molecule has 4 rings (SSSR count). The third-order valence-electron chi connectivity index (χ3n) is 5.81. The minimum absolute atomic E-state index is 0.0535. The van der Waals surface area contributed by atoms with E-state index in [2.05, 4.69) is 5.32 Å². The number of hydrogen-bond donors (Lipinski definition) is 3. The van der Waals surface area contributed by atoms with Gasteiger partial charge in [0.15, 0.2) is 0 Å². The van der Waals surface area contributed by atoms with Crippen LogP contribution in [0, 0.1) is 0 Å². The minimum Gasteiger partial charge on any atom is -0.449 e. The predicted octanol–water partition coefficient (Wildman–Crippen LogP) is 5.29. The summed E-state index contributed by atoms with van der Waals surface area (Å²) in [5.41, 5.74) is 2.91. The molecule has 3 N–H and O–H groups in total. The molecular weight excluding hydrogens is 471 g/mol. The fourth-order valence-electron chi connectivity index (χ4n) is 4.10. The maximum absolute atomic E-state index is 13.0. The van der Waals surface area contributed by atoms with Crippen molar-refractivity contribution in [1.82, 2.24) is 5.32 Å². The van der Waals surface area contributed by atoms with E-state index < -0.39 is 36.6 Å². The average molecular weight is 492 g/mol. The zero-order valence-electron chi connectivity index (χ0n) is 17.7. The molecule has 9 heteroatoms. The lowest BCUT2D eigenvalue weighted by atomic mass is 9.98. The number of amides is 1. The van der Waals surface area contributed by atoms with Gasteiger partial charge in [0.2, 0.25) is 0 Å². The van der Waals surface area contributed by atoms with E-state index in [0.29, 0.717) is 6.07 Å². The molecule has 0 aliphatic heterocycles. The van der Waals surface area contributed by atoms with Crippen LogP contribution in [0.5, 0.6) is 0 Å². The Morgan fingerprint density at radius 2 is 1.59 bits per heavy atom. The van der Waals surface area contributed by atoms with Crippen molar-refractivity contribution in [2.24, 2.45) is 0 Å². The van der Waals surface area contributed by atoms with Gasteiger partial charge in [-0.3, -0.25) is 0 Å². The van der Waals surface area contributed by atoms with Crippen molar-refractivity contribution < 1.29 is 32.9 Å². The van der Waals surface area contributed by atoms with Crippen LogP contribution in [-0.2, 0) is 10.9 Å². The van der Waals surface area contributed by atoms with Gasteiger partial charge < -0.3 is 20.3 Å². The average Bonchev–Trinajstić information content (AvgIpc) is 3.14. The Morgan fingerprint density at radius 1 is 1.00 bits per heavy atom. The highest BCUT2D eigenvalue weighted by atomic mass is 35.5. The second-order valence-electron chi connectivity index (χ2n) is 7.95. The van der Waals surface area contributed by atoms with Crippen molar-refractivity contribution in [3.63, 3.8) is 0 Å². The Hall–Kier alpha value is -3.07. The van der Waals surface area contributed by atoms with Crippen molar-refractivity contribution >= 4 is 17.7 Å². The first-order valence-electron chi connectivity index (χ1n) is 10.5. The van der Waals surface area contributed by atoms with E-state index in [1.165, 1.54) is 0 Å². The third-order valence-corrected chi connectivity index (χ3v) is 6.15. The third kappa shape index (κ3) is 4.89. The summed E-state index contributed by atoms with van der Waals surface area (Å²) < 4.78 is 44.2. The Kier molecular flexibility index (Phi) is 6.84. The molecule has 0 bridgehead atoms. The molecule has 0 saturated carbocycles. The Bertz CT molecular complexity index is 1160. The van der Waals surface area contributed by atoms with Gasteiger partial charge in [-0.25, -0.2) is 4.79 Å². The van der Waals surface area contributed by atoms with Crippen LogP contribution in [0.2, 0.25) is 5.02 Å². The molecule has 5 nitrogen and oxygen atoms in total. The van der Waals surface area contributed by atoms with Gasteiger partial charge in [0.25, 0.3) is 0 Å². The number of carbonyl (C=O) groups excluding carboxylic acids is 1. The summed E-state index contributed by atoms with van der Waals surface area (Å²) in [5.74, 6) is -0.155. The summed E-state index contributed by atoms with van der Waals surface area (Å²) >= 11 is 5.90. The number of halogens is 4. The van der Waals surface area contributed by atoms with E-state index in [0.717, 1.165) is 34.4 Å². The first kappa shape index (κ1) is 24.1. The summed E-state index contributed by atoms with van der Waals surface area (Å²) in [5, 5.41) is 22.7. The number of aliphatic hydroxyl groups excluding tert-OH is 2. The van der Waals surface area contributed by atoms with Crippen LogP contribution in [-0.4, -0.2) is 35.6 Å². The maximum Gasteiger partial charge on any atom is 0.416 e. The summed E-state index contributed by atoms with van der Waals surface area (Å²) in [7, 11) is 0. The quantitative estimate of drug-likeness (QED) is 0.438. The molecule has 0 radical (unpaired) electrons. The van der Waals surface area contributed by atoms with Crippen LogP contribution in [0.1, 0.15) is 34.3 Å². The van der Waals surface area contributed by atoms with E-state index in [4.69, 9.17) is 16.3 Å². The summed E-state index contributed by atoms with van der Waals surface area (Å²) in [6.07, 6.45) is -8.82. The zero-order valence-corrected chi connectivity index (χ0v) is 18.5. The van der Waals surface area contributed by atoms with Crippen LogP contribution >= 0.6 is 11.6 Å². The predicted molar refractivity (Wildman–Crippen MR) is 120 cm³/mol. The maximum atomic E-state index is 13.0. The number of aliphatic hydroxyl groups is 2. The van der Waals surface area contributed by atoms with Crippen LogP contribution < -0.4 is 5.32 Å². The number of carbonyl (C=O) groups is 1. The lowest BCUT2D eigenvalue weighted by Gasteiger charge is -2.21. The van der Waals surface area contributed by atoms with E-state index in [-0.39, 0.29) is 23.1 Å². The highest BCUT2D eigenvalue weighted by molar-refractivity contribution is 6.31. The second-order valence-corrected chi connectivity index (χ2v) is 8.36. The van der Waals surface area contributed by atoms with Gasteiger partial charge in [0.1, 0.15) is 18.8 Å². The van der Waals surface area contributed by atoms with E-state index in [1.807, 2.05) is 48.5 Å². The number of fused-ring (bicyclic) bond motifs is 3. The molecule has 0 aromatic heterocycles. The Morgan fingerprint density at radius 3 is 2.18 bits per heavy atom. The number of nitrogens with one attached hydrogen (secondary N) is 1. The lowest BCUT2D eigenvalue weighted by molar-refractivity contribution is -0.137. The van der Waals surface area contributed by atoms with Gasteiger partial charge in [0, 0.05) is 23.0 Å². The molecule has 1 amide bonds. The molecule has 178 valence electrons. The largest absolute Gasteiger partial charge is 0.449 e.